The summed E-state index contributed by atoms with van der Waals surface area (Å²) in [6.45, 7) is 0.423. The van der Waals surface area contributed by atoms with Gasteiger partial charge in [0.05, 0.1) is 21.3 Å². The third kappa shape index (κ3) is 3.63. The summed E-state index contributed by atoms with van der Waals surface area (Å²) in [6, 6.07) is 2.26. The van der Waals surface area contributed by atoms with Crippen LogP contribution >= 0.6 is 0 Å². The predicted octanol–water partition coefficient (Wildman–Crippen LogP) is 0.346. The molecule has 23 heavy (non-hydrogen) atoms. The molecular weight excluding hydrogens is 308 g/mol. The number of hydrogen-bond donors (Lipinski definition) is 3. The number of carbonyl (C=O) groups excluding carboxylic acids is 1. The van der Waals surface area contributed by atoms with Gasteiger partial charge in [0, 0.05) is 12.1 Å². The minimum Gasteiger partial charge on any atom is -0.493 e. The van der Waals surface area contributed by atoms with Gasteiger partial charge in [0.2, 0.25) is 5.75 Å². The second-order valence-electron chi connectivity index (χ2n) is 4.56. The lowest BCUT2D eigenvalue weighted by Crippen LogP contribution is -2.55. The third-order valence-corrected chi connectivity index (χ3v) is 3.48. The summed E-state index contributed by atoms with van der Waals surface area (Å²) in [5.41, 5.74) is 0.301. The van der Waals surface area contributed by atoms with Crippen LogP contribution in [0.5, 0.6) is 17.2 Å². The molecule has 0 spiro atoms. The molecule has 0 saturated carbocycles. The van der Waals surface area contributed by atoms with Gasteiger partial charge in [-0.1, -0.05) is 0 Å². The first-order valence-electron chi connectivity index (χ1n) is 6.63. The quantitative estimate of drug-likeness (QED) is 0.660. The number of methoxy groups -OCH3 is 3. The third-order valence-electron chi connectivity index (χ3n) is 3.48. The van der Waals surface area contributed by atoms with E-state index in [1.807, 2.05) is 0 Å². The van der Waals surface area contributed by atoms with Crippen molar-refractivity contribution in [2.75, 3.05) is 27.9 Å². The van der Waals surface area contributed by atoms with E-state index < -0.39 is 12.0 Å². The summed E-state index contributed by atoms with van der Waals surface area (Å²) >= 11 is 0. The number of nitrogens with zero attached hydrogens (tertiary/aromatic N) is 1. The number of aliphatic carboxylic acids is 1. The molecule has 9 nitrogen and oxygen atoms in total. The number of hydrogen-bond acceptors (Lipinski definition) is 7. The van der Waals surface area contributed by atoms with Crippen molar-refractivity contribution in [3.05, 3.63) is 17.7 Å². The lowest BCUT2D eigenvalue weighted by molar-refractivity contribution is -0.146. The Bertz CT molecular complexity index is 551. The van der Waals surface area contributed by atoms with Crippen LogP contribution in [0.2, 0.25) is 0 Å². The van der Waals surface area contributed by atoms with Crippen molar-refractivity contribution in [3.63, 3.8) is 0 Å². The number of amides is 1. The molecule has 9 heteroatoms. The standard InChI is InChI=1S/C14H17NO6.H3NO/c1-19-10-6-8(7-11(20-2)12(10)21-3)13(16)15-5-4-9(15)14(17)18;1-2/h6-7,9H,4-5H2,1-3H3,(H,17,18);2H,1H2/t9-;/m1./s1. The van der Waals surface area contributed by atoms with Gasteiger partial charge in [0.15, 0.2) is 11.5 Å². The highest BCUT2D eigenvalue weighted by molar-refractivity contribution is 5.98. The molecule has 1 aromatic carbocycles. The number of benzene rings is 1. The van der Waals surface area contributed by atoms with Gasteiger partial charge < -0.3 is 29.4 Å². The molecule has 1 amide bonds. The van der Waals surface area contributed by atoms with Crippen molar-refractivity contribution in [2.24, 2.45) is 5.90 Å². The predicted molar refractivity (Wildman–Crippen MR) is 79.1 cm³/mol. The zero-order chi connectivity index (χ0) is 17.6. The molecule has 2 rings (SSSR count). The number of likely N-dealkylation sites (tertiary alicyclic amines) is 1. The first-order chi connectivity index (χ1) is 11.0. The zero-order valence-electron chi connectivity index (χ0n) is 13.1. The molecule has 0 aliphatic carbocycles. The van der Waals surface area contributed by atoms with Crippen LogP contribution in [0.3, 0.4) is 0 Å². The molecule has 128 valence electrons. The van der Waals surface area contributed by atoms with Crippen LogP contribution < -0.4 is 20.1 Å². The minimum atomic E-state index is -0.998. The highest BCUT2D eigenvalue weighted by Gasteiger charge is 2.38. The number of ether oxygens (including phenoxy) is 3. The van der Waals surface area contributed by atoms with Crippen molar-refractivity contribution in [3.8, 4) is 17.2 Å². The fraction of sp³-hybridized carbons (Fsp3) is 0.429. The van der Waals surface area contributed by atoms with Crippen LogP contribution in [0.4, 0.5) is 0 Å². The fourth-order valence-electron chi connectivity index (χ4n) is 2.26. The SMILES string of the molecule is COc1cc(C(=O)N2CC[C@@H]2C(=O)O)cc(OC)c1OC.NO. The van der Waals surface area contributed by atoms with E-state index in [0.29, 0.717) is 35.8 Å². The monoisotopic (exact) mass is 328 g/mol. The minimum absolute atomic E-state index is 0.301. The number of carbonyl (C=O) groups is 2. The maximum absolute atomic E-state index is 12.4. The van der Waals surface area contributed by atoms with E-state index in [1.165, 1.54) is 38.4 Å². The van der Waals surface area contributed by atoms with Crippen LogP contribution in [0.25, 0.3) is 0 Å². The van der Waals surface area contributed by atoms with Crippen LogP contribution in [0.1, 0.15) is 16.8 Å². The van der Waals surface area contributed by atoms with Gasteiger partial charge in [-0.05, 0) is 18.6 Å². The van der Waals surface area contributed by atoms with Crippen molar-refractivity contribution < 1.29 is 34.1 Å². The molecule has 4 N–H and O–H groups in total. The Morgan fingerprint density at radius 1 is 1.13 bits per heavy atom. The maximum atomic E-state index is 12.4. The number of carboxylic acids is 1. The summed E-state index contributed by atoms with van der Waals surface area (Å²) in [5, 5.41) is 15.5. The average Bonchev–Trinajstić information content (AvgIpc) is 2.53. The van der Waals surface area contributed by atoms with Crippen LogP contribution in [0.15, 0.2) is 12.1 Å². The Labute approximate surface area is 133 Å². The molecule has 1 fully saturated rings. The van der Waals surface area contributed by atoms with Crippen molar-refractivity contribution in [1.82, 2.24) is 4.90 Å². The lowest BCUT2D eigenvalue weighted by Gasteiger charge is -2.38. The van der Waals surface area contributed by atoms with E-state index in [-0.39, 0.29) is 5.91 Å². The fourth-order valence-corrected chi connectivity index (χ4v) is 2.26. The van der Waals surface area contributed by atoms with Gasteiger partial charge in [-0.3, -0.25) is 4.79 Å². The Balaban J connectivity index is 0.00000127. The highest BCUT2D eigenvalue weighted by atomic mass is 16.5. The van der Waals surface area contributed by atoms with Crippen LogP contribution in [-0.4, -0.2) is 61.0 Å². The normalized spacial score (nSPS) is 15.7. The molecule has 0 bridgehead atoms. The molecule has 1 aliphatic rings. The largest absolute Gasteiger partial charge is 0.493 e. The molecule has 1 aliphatic heterocycles. The Kier molecular flexibility index (Phi) is 6.61. The van der Waals surface area contributed by atoms with Gasteiger partial charge in [0.25, 0.3) is 5.91 Å². The van der Waals surface area contributed by atoms with Crippen molar-refractivity contribution in [2.45, 2.75) is 12.5 Å². The first kappa shape index (κ1) is 18.5. The summed E-state index contributed by atoms with van der Waals surface area (Å²) in [7, 11) is 4.38. The van der Waals surface area contributed by atoms with E-state index in [4.69, 9.17) is 24.5 Å². The summed E-state index contributed by atoms with van der Waals surface area (Å²) < 4.78 is 15.6. The molecule has 1 aromatic rings. The van der Waals surface area contributed by atoms with E-state index in [1.54, 1.807) is 0 Å². The number of carboxylic acid groups (broad SMARTS) is 1. The second kappa shape index (κ2) is 8.20. The lowest BCUT2D eigenvalue weighted by atomic mass is 10.0. The smallest absolute Gasteiger partial charge is 0.326 e. The van der Waals surface area contributed by atoms with Gasteiger partial charge in [0.1, 0.15) is 6.04 Å². The molecular formula is C14H20N2O7. The molecule has 0 unspecified atom stereocenters. The molecule has 0 aromatic heterocycles. The number of nitrogens with two attached hydrogens (primary N) is 1. The second-order valence-corrected chi connectivity index (χ2v) is 4.56. The van der Waals surface area contributed by atoms with Crippen LogP contribution in [0, 0.1) is 0 Å². The Morgan fingerprint density at radius 3 is 1.96 bits per heavy atom. The molecule has 1 saturated heterocycles. The van der Waals surface area contributed by atoms with Gasteiger partial charge in [-0.25, -0.2) is 10.7 Å². The molecule has 0 radical (unpaired) electrons. The zero-order valence-corrected chi connectivity index (χ0v) is 13.1. The van der Waals surface area contributed by atoms with E-state index in [0.717, 1.165) is 0 Å². The molecule has 1 atom stereocenters. The van der Waals surface area contributed by atoms with Gasteiger partial charge in [-0.15, -0.1) is 0 Å². The summed E-state index contributed by atoms with van der Waals surface area (Å²) in [5.74, 6) is 3.23. The number of rotatable bonds is 5. The first-order valence-corrected chi connectivity index (χ1v) is 6.63. The van der Waals surface area contributed by atoms with E-state index in [9.17, 15) is 9.59 Å². The van der Waals surface area contributed by atoms with Crippen molar-refractivity contribution >= 4 is 11.9 Å². The topological polar surface area (TPSA) is 132 Å². The molecule has 1 heterocycles. The van der Waals surface area contributed by atoms with E-state index >= 15 is 0 Å². The summed E-state index contributed by atoms with van der Waals surface area (Å²) in [4.78, 5) is 24.7. The van der Waals surface area contributed by atoms with Gasteiger partial charge >= 0.3 is 5.97 Å². The average molecular weight is 328 g/mol. The van der Waals surface area contributed by atoms with Gasteiger partial charge in [-0.2, -0.15) is 0 Å². The maximum Gasteiger partial charge on any atom is 0.326 e. The van der Waals surface area contributed by atoms with Crippen LogP contribution in [-0.2, 0) is 4.79 Å². The van der Waals surface area contributed by atoms with Crippen molar-refractivity contribution in [1.29, 1.82) is 0 Å². The Hall–Kier alpha value is -2.52. The highest BCUT2D eigenvalue weighted by Crippen LogP contribution is 2.39. The Morgan fingerprint density at radius 2 is 1.65 bits per heavy atom. The van der Waals surface area contributed by atoms with E-state index in [2.05, 4.69) is 5.90 Å². The summed E-state index contributed by atoms with van der Waals surface area (Å²) in [6.07, 6.45) is 0.464.